The Bertz CT molecular complexity index is 651. The zero-order chi connectivity index (χ0) is 15.6. The second kappa shape index (κ2) is 6.05. The van der Waals surface area contributed by atoms with Gasteiger partial charge in [-0.15, -0.1) is 0 Å². The first kappa shape index (κ1) is 15.2. The maximum absolute atomic E-state index is 10.8. The minimum absolute atomic E-state index is 0.0134. The number of non-ortho nitro benzene ring substituents is 1. The Hall–Kier alpha value is -2.21. The van der Waals surface area contributed by atoms with Gasteiger partial charge in [-0.05, 0) is 26.3 Å². The molecule has 0 saturated carbocycles. The SMILES string of the molecule is Cc1c(C(C)NC(C)c2cccc([N+](=O)[O-])c2)cnn1C. The van der Waals surface area contributed by atoms with Gasteiger partial charge in [-0.1, -0.05) is 12.1 Å². The zero-order valence-corrected chi connectivity index (χ0v) is 12.7. The van der Waals surface area contributed by atoms with Gasteiger partial charge in [0.05, 0.1) is 11.1 Å². The second-order valence-corrected chi connectivity index (χ2v) is 5.27. The molecule has 21 heavy (non-hydrogen) atoms. The summed E-state index contributed by atoms with van der Waals surface area (Å²) in [4.78, 5) is 10.5. The fourth-order valence-corrected chi connectivity index (χ4v) is 2.41. The smallest absolute Gasteiger partial charge is 0.269 e. The van der Waals surface area contributed by atoms with Crippen LogP contribution in [0.3, 0.4) is 0 Å². The number of nitro groups is 1. The Labute approximate surface area is 123 Å². The van der Waals surface area contributed by atoms with E-state index >= 15 is 0 Å². The lowest BCUT2D eigenvalue weighted by atomic mass is 10.0. The van der Waals surface area contributed by atoms with E-state index < -0.39 is 0 Å². The van der Waals surface area contributed by atoms with Crippen LogP contribution in [0.2, 0.25) is 0 Å². The number of rotatable bonds is 5. The van der Waals surface area contributed by atoms with Crippen LogP contribution in [0, 0.1) is 17.0 Å². The van der Waals surface area contributed by atoms with E-state index in [-0.39, 0.29) is 22.7 Å². The average molecular weight is 288 g/mol. The van der Waals surface area contributed by atoms with Crippen LogP contribution in [0.15, 0.2) is 30.5 Å². The molecule has 2 rings (SSSR count). The third-order valence-electron chi connectivity index (χ3n) is 3.82. The molecule has 1 N–H and O–H groups in total. The molecule has 1 aromatic heterocycles. The molecular formula is C15H20N4O2. The molecule has 0 fully saturated rings. The van der Waals surface area contributed by atoms with Gasteiger partial charge in [0, 0.05) is 42.5 Å². The molecule has 0 spiro atoms. The van der Waals surface area contributed by atoms with Crippen molar-refractivity contribution in [3.8, 4) is 0 Å². The van der Waals surface area contributed by atoms with Gasteiger partial charge in [0.2, 0.25) is 0 Å². The van der Waals surface area contributed by atoms with Crippen molar-refractivity contribution in [3.63, 3.8) is 0 Å². The fourth-order valence-electron chi connectivity index (χ4n) is 2.41. The second-order valence-electron chi connectivity index (χ2n) is 5.27. The van der Waals surface area contributed by atoms with Crippen LogP contribution in [-0.4, -0.2) is 14.7 Å². The average Bonchev–Trinajstić information content (AvgIpc) is 2.79. The summed E-state index contributed by atoms with van der Waals surface area (Å²) in [7, 11) is 1.91. The largest absolute Gasteiger partial charge is 0.304 e. The Morgan fingerprint density at radius 1 is 1.33 bits per heavy atom. The third-order valence-corrected chi connectivity index (χ3v) is 3.82. The molecule has 1 heterocycles. The third kappa shape index (κ3) is 3.28. The van der Waals surface area contributed by atoms with Crippen molar-refractivity contribution in [2.45, 2.75) is 32.9 Å². The van der Waals surface area contributed by atoms with E-state index in [1.165, 1.54) is 6.07 Å². The molecule has 6 heteroatoms. The molecule has 0 aliphatic rings. The van der Waals surface area contributed by atoms with Crippen LogP contribution in [0.25, 0.3) is 0 Å². The summed E-state index contributed by atoms with van der Waals surface area (Å²) in [6, 6.07) is 6.86. The van der Waals surface area contributed by atoms with Crippen LogP contribution in [-0.2, 0) is 7.05 Å². The molecule has 0 amide bonds. The number of aromatic nitrogens is 2. The molecule has 0 radical (unpaired) electrons. The van der Waals surface area contributed by atoms with E-state index in [1.54, 1.807) is 12.1 Å². The van der Waals surface area contributed by atoms with E-state index in [4.69, 9.17) is 0 Å². The summed E-state index contributed by atoms with van der Waals surface area (Å²) >= 11 is 0. The quantitative estimate of drug-likeness (QED) is 0.678. The van der Waals surface area contributed by atoms with Crippen LogP contribution in [0.5, 0.6) is 0 Å². The standard InChI is InChI=1S/C15H20N4O2/c1-10(13-6-5-7-14(8-13)19(20)21)17-11(2)15-9-16-18(4)12(15)3/h5-11,17H,1-4H3. The molecule has 2 atom stereocenters. The van der Waals surface area contributed by atoms with Gasteiger partial charge in [0.15, 0.2) is 0 Å². The monoisotopic (exact) mass is 288 g/mol. The molecule has 2 aromatic rings. The Balaban J connectivity index is 2.14. The van der Waals surface area contributed by atoms with Gasteiger partial charge in [-0.3, -0.25) is 14.8 Å². The van der Waals surface area contributed by atoms with Gasteiger partial charge in [0.1, 0.15) is 0 Å². The van der Waals surface area contributed by atoms with E-state index in [2.05, 4.69) is 17.3 Å². The van der Waals surface area contributed by atoms with E-state index in [0.29, 0.717) is 0 Å². The van der Waals surface area contributed by atoms with Gasteiger partial charge in [-0.2, -0.15) is 5.10 Å². The highest BCUT2D eigenvalue weighted by atomic mass is 16.6. The number of aryl methyl sites for hydroxylation is 1. The summed E-state index contributed by atoms with van der Waals surface area (Å²) in [5.74, 6) is 0. The molecule has 0 bridgehead atoms. The lowest BCUT2D eigenvalue weighted by Crippen LogP contribution is -2.23. The van der Waals surface area contributed by atoms with Crippen LogP contribution in [0.4, 0.5) is 5.69 Å². The molecule has 0 aliphatic carbocycles. The van der Waals surface area contributed by atoms with Gasteiger partial charge in [-0.25, -0.2) is 0 Å². The highest BCUT2D eigenvalue weighted by Crippen LogP contribution is 2.23. The van der Waals surface area contributed by atoms with Gasteiger partial charge < -0.3 is 5.32 Å². The lowest BCUT2D eigenvalue weighted by Gasteiger charge is -2.20. The van der Waals surface area contributed by atoms with Crippen LogP contribution in [0.1, 0.15) is 42.8 Å². The number of hydrogen-bond acceptors (Lipinski definition) is 4. The van der Waals surface area contributed by atoms with E-state index in [1.807, 2.05) is 37.8 Å². The van der Waals surface area contributed by atoms with Gasteiger partial charge >= 0.3 is 0 Å². The number of nitrogens with one attached hydrogen (secondary N) is 1. The Morgan fingerprint density at radius 2 is 2.05 bits per heavy atom. The summed E-state index contributed by atoms with van der Waals surface area (Å²) in [5, 5.41) is 18.5. The predicted octanol–water partition coefficient (Wildman–Crippen LogP) is 3.05. The van der Waals surface area contributed by atoms with E-state index in [0.717, 1.165) is 16.8 Å². The number of hydrogen-bond donors (Lipinski definition) is 1. The number of nitrogens with zero attached hydrogens (tertiary/aromatic N) is 3. The van der Waals surface area contributed by atoms with Crippen LogP contribution < -0.4 is 5.32 Å². The van der Waals surface area contributed by atoms with Crippen molar-refractivity contribution in [2.24, 2.45) is 7.05 Å². The van der Waals surface area contributed by atoms with Crippen molar-refractivity contribution in [2.75, 3.05) is 0 Å². The number of benzene rings is 1. The maximum atomic E-state index is 10.8. The van der Waals surface area contributed by atoms with Crippen molar-refractivity contribution in [1.82, 2.24) is 15.1 Å². The number of nitro benzene ring substituents is 1. The Kier molecular flexibility index (Phi) is 4.37. The van der Waals surface area contributed by atoms with Gasteiger partial charge in [0.25, 0.3) is 5.69 Å². The predicted molar refractivity (Wildman–Crippen MR) is 81.0 cm³/mol. The highest BCUT2D eigenvalue weighted by molar-refractivity contribution is 5.35. The fraction of sp³-hybridized carbons (Fsp3) is 0.400. The van der Waals surface area contributed by atoms with Crippen molar-refractivity contribution < 1.29 is 4.92 Å². The summed E-state index contributed by atoms with van der Waals surface area (Å²) in [6.07, 6.45) is 1.85. The molecule has 0 saturated heterocycles. The topological polar surface area (TPSA) is 73.0 Å². The van der Waals surface area contributed by atoms with Crippen molar-refractivity contribution >= 4 is 5.69 Å². The molecule has 0 aliphatic heterocycles. The summed E-state index contributed by atoms with van der Waals surface area (Å²) < 4.78 is 1.84. The summed E-state index contributed by atoms with van der Waals surface area (Å²) in [5.41, 5.74) is 3.26. The first-order valence-electron chi connectivity index (χ1n) is 6.89. The Morgan fingerprint density at radius 3 is 2.62 bits per heavy atom. The van der Waals surface area contributed by atoms with Crippen LogP contribution >= 0.6 is 0 Å². The normalized spacial score (nSPS) is 13.9. The maximum Gasteiger partial charge on any atom is 0.269 e. The summed E-state index contributed by atoms with van der Waals surface area (Å²) in [6.45, 7) is 6.09. The van der Waals surface area contributed by atoms with Crippen molar-refractivity contribution in [1.29, 1.82) is 0 Å². The minimum atomic E-state index is -0.370. The molecule has 2 unspecified atom stereocenters. The highest BCUT2D eigenvalue weighted by Gasteiger charge is 2.16. The first-order chi connectivity index (χ1) is 9.90. The molecule has 6 nitrogen and oxygen atoms in total. The lowest BCUT2D eigenvalue weighted by molar-refractivity contribution is -0.384. The van der Waals surface area contributed by atoms with E-state index in [9.17, 15) is 10.1 Å². The minimum Gasteiger partial charge on any atom is -0.304 e. The zero-order valence-electron chi connectivity index (χ0n) is 12.7. The molecular weight excluding hydrogens is 268 g/mol. The first-order valence-corrected chi connectivity index (χ1v) is 6.89. The molecule has 112 valence electrons. The van der Waals surface area contributed by atoms with Crippen molar-refractivity contribution in [3.05, 3.63) is 57.4 Å². The molecule has 1 aromatic carbocycles.